The number of hydrogen-bond donors (Lipinski definition) is 0. The molecule has 0 heterocycles. The van der Waals surface area contributed by atoms with Crippen LogP contribution in [-0.4, -0.2) is 39.6 Å². The summed E-state index contributed by atoms with van der Waals surface area (Å²) in [4.78, 5) is 0. The zero-order chi connectivity index (χ0) is 67.3. The fourth-order valence-corrected chi connectivity index (χ4v) is 11.4. The molecule has 0 fully saturated rings. The number of rotatable bonds is 48. The molecule has 0 atom stereocenters. The van der Waals surface area contributed by atoms with Crippen molar-refractivity contribution in [3.05, 3.63) is 212 Å². The first-order valence-corrected chi connectivity index (χ1v) is 37.1. The molecule has 0 aliphatic carbocycles. The molecule has 7 aromatic rings. The van der Waals surface area contributed by atoms with Crippen LogP contribution in [0.2, 0.25) is 0 Å². The van der Waals surface area contributed by atoms with Crippen molar-refractivity contribution < 1.29 is 28.4 Å². The van der Waals surface area contributed by atoms with Gasteiger partial charge in [-0.15, -0.1) is 0 Å². The summed E-state index contributed by atoms with van der Waals surface area (Å²) in [5.41, 5.74) is 12.4. The first-order chi connectivity index (χ1) is 47.4. The highest BCUT2D eigenvalue weighted by molar-refractivity contribution is 5.85. The maximum Gasteiger partial charge on any atom is 0.127 e. The van der Waals surface area contributed by atoms with Gasteiger partial charge in [0.25, 0.3) is 0 Å². The average Bonchev–Trinajstić information content (AvgIpc) is 0.866. The van der Waals surface area contributed by atoms with Crippen molar-refractivity contribution in [2.24, 2.45) is 0 Å². The molecule has 0 radical (unpaired) electrons. The van der Waals surface area contributed by atoms with Crippen molar-refractivity contribution in [1.82, 2.24) is 0 Å². The molecule has 510 valence electrons. The van der Waals surface area contributed by atoms with Gasteiger partial charge in [-0.2, -0.15) is 0 Å². The van der Waals surface area contributed by atoms with Crippen molar-refractivity contribution in [2.75, 3.05) is 39.6 Å². The molecule has 0 spiro atoms. The van der Waals surface area contributed by atoms with Crippen LogP contribution in [0.3, 0.4) is 0 Å². The Bertz CT molecular complexity index is 3080. The molecule has 0 aromatic heterocycles. The Morgan fingerprint density at radius 3 is 0.542 bits per heavy atom. The minimum Gasteiger partial charge on any atom is -0.493 e. The van der Waals surface area contributed by atoms with Gasteiger partial charge in [0.15, 0.2) is 0 Å². The average molecular weight is 1290 g/mol. The quantitative estimate of drug-likeness (QED) is 0.0280. The lowest BCUT2D eigenvalue weighted by Crippen LogP contribution is -2.03. The van der Waals surface area contributed by atoms with Gasteiger partial charge in [0.05, 0.1) is 39.6 Å². The molecule has 96 heavy (non-hydrogen) atoms. The van der Waals surface area contributed by atoms with Gasteiger partial charge in [0.1, 0.15) is 34.5 Å². The second-order valence-corrected chi connectivity index (χ2v) is 25.4. The topological polar surface area (TPSA) is 55.4 Å². The largest absolute Gasteiger partial charge is 0.493 e. The summed E-state index contributed by atoms with van der Waals surface area (Å²) in [5, 5.41) is 0. The minimum absolute atomic E-state index is 0.635. The summed E-state index contributed by atoms with van der Waals surface area (Å²) in [7, 11) is 0. The van der Waals surface area contributed by atoms with Gasteiger partial charge in [-0.05, 0) is 127 Å². The molecular formula is C90H114O6. The van der Waals surface area contributed by atoms with E-state index in [1.54, 1.807) is 0 Å². The van der Waals surface area contributed by atoms with E-state index in [2.05, 4.69) is 260 Å². The molecule has 0 aliphatic heterocycles. The molecule has 0 aliphatic rings. The molecule has 7 rings (SSSR count). The van der Waals surface area contributed by atoms with Crippen LogP contribution in [0, 0.1) is 0 Å². The Balaban J connectivity index is 1.38. The maximum absolute atomic E-state index is 6.80. The van der Waals surface area contributed by atoms with E-state index in [-0.39, 0.29) is 0 Å². The maximum atomic E-state index is 6.80. The van der Waals surface area contributed by atoms with E-state index in [9.17, 15) is 0 Å². The van der Waals surface area contributed by atoms with E-state index < -0.39 is 0 Å². The molecular weight excluding hydrogens is 1180 g/mol. The summed E-state index contributed by atoms with van der Waals surface area (Å²) in [6.07, 6.45) is 53.2. The number of benzene rings is 7. The van der Waals surface area contributed by atoms with Crippen molar-refractivity contribution in [3.8, 4) is 34.5 Å². The summed E-state index contributed by atoms with van der Waals surface area (Å²) >= 11 is 0. The minimum atomic E-state index is 0.635. The normalized spacial score (nSPS) is 11.8. The van der Waals surface area contributed by atoms with Gasteiger partial charge in [0.2, 0.25) is 0 Å². The van der Waals surface area contributed by atoms with Crippen LogP contribution in [0.15, 0.2) is 146 Å². The predicted octanol–water partition coefficient (Wildman–Crippen LogP) is 26.5. The zero-order valence-corrected chi connectivity index (χ0v) is 59.4. The Morgan fingerprint density at radius 2 is 0.365 bits per heavy atom. The predicted molar refractivity (Wildman–Crippen MR) is 416 cm³/mol. The second kappa shape index (κ2) is 46.0. The number of unbranched alkanes of at least 4 members (excludes halogenated alkanes) is 18. The van der Waals surface area contributed by atoms with Crippen LogP contribution >= 0.6 is 0 Å². The van der Waals surface area contributed by atoms with Crippen molar-refractivity contribution in [3.63, 3.8) is 0 Å². The van der Waals surface area contributed by atoms with Crippen LogP contribution < -0.4 is 28.4 Å². The Kier molecular flexibility index (Phi) is 36.0. The third-order valence-corrected chi connectivity index (χ3v) is 17.1. The third-order valence-electron chi connectivity index (χ3n) is 17.1. The van der Waals surface area contributed by atoms with E-state index in [4.69, 9.17) is 28.4 Å². The van der Waals surface area contributed by atoms with Gasteiger partial charge in [0, 0.05) is 33.4 Å². The van der Waals surface area contributed by atoms with E-state index >= 15 is 0 Å². The lowest BCUT2D eigenvalue weighted by Gasteiger charge is -2.16. The molecule has 6 nitrogen and oxygen atoms in total. The zero-order valence-electron chi connectivity index (χ0n) is 59.4. The van der Waals surface area contributed by atoms with Gasteiger partial charge in [-0.3, -0.25) is 0 Å². The molecule has 0 unspecified atom stereocenters. The Morgan fingerprint density at radius 1 is 0.188 bits per heavy atom. The van der Waals surface area contributed by atoms with Crippen LogP contribution in [0.1, 0.15) is 262 Å². The standard InChI is InChI=1S/C90H114O6/c1-7-13-19-34-58-91-85-70-82(88(94-61-37-22-16-10-4)67-79(85)52-46-73-40-28-25-29-41-73)55-49-76-64-77(50-56-83-71-86(92-59-35-20-14-8-2)80(53-47-74-42-30-26-31-43-74)68-89(83)95-62-38-23-17-11-5)66-78(65-76)51-57-84-72-87(93-60-36-21-15-9-3)81(54-48-75-44-32-27-33-45-75)69-90(84)96-63-39-24-18-12-6/h25-33,40-57,64-72H,7-24,34-39,58-63H2,1-6H3/b52-46+,53-47+,54-48+,55-49+,56-50+,57-51+. The fraction of sp³-hybridized carbons (Fsp3) is 0.400. The van der Waals surface area contributed by atoms with Gasteiger partial charge >= 0.3 is 0 Å². The monoisotopic (exact) mass is 1290 g/mol. The van der Waals surface area contributed by atoms with Crippen molar-refractivity contribution in [1.29, 1.82) is 0 Å². The van der Waals surface area contributed by atoms with Gasteiger partial charge in [-0.25, -0.2) is 0 Å². The summed E-state index contributed by atoms with van der Waals surface area (Å²) in [6.45, 7) is 17.4. The highest BCUT2D eigenvalue weighted by Gasteiger charge is 2.15. The summed E-state index contributed by atoms with van der Waals surface area (Å²) < 4.78 is 40.6. The van der Waals surface area contributed by atoms with Gasteiger partial charge in [-0.1, -0.05) is 321 Å². The van der Waals surface area contributed by atoms with E-state index in [0.717, 1.165) is 178 Å². The summed E-state index contributed by atoms with van der Waals surface area (Å²) in [6, 6.07) is 51.4. The lowest BCUT2D eigenvalue weighted by molar-refractivity contribution is 0.296. The number of hydrogen-bond acceptors (Lipinski definition) is 6. The molecule has 7 aromatic carbocycles. The third kappa shape index (κ3) is 28.2. The smallest absolute Gasteiger partial charge is 0.127 e. The van der Waals surface area contributed by atoms with E-state index in [1.165, 1.54) is 77.0 Å². The molecule has 0 saturated heterocycles. The lowest BCUT2D eigenvalue weighted by atomic mass is 10.0. The fourth-order valence-electron chi connectivity index (χ4n) is 11.4. The van der Waals surface area contributed by atoms with Crippen LogP contribution in [0.5, 0.6) is 34.5 Å². The SMILES string of the molecule is CCCCCCOc1cc(/C=C/c2cc(/C=C/c3cc(OCCCCCC)c(/C=C/c4ccccc4)cc3OCCCCCC)cc(/C=C/c3cc(OCCCCCC)c(/C=C/c4ccccc4)cc3OCCCCCC)c2)c(OCCCCCC)cc1/C=C/c1ccccc1. The molecule has 0 saturated carbocycles. The molecule has 0 amide bonds. The Hall–Kier alpha value is -8.22. The van der Waals surface area contributed by atoms with Crippen LogP contribution in [0.4, 0.5) is 0 Å². The van der Waals surface area contributed by atoms with Crippen LogP contribution in [-0.2, 0) is 0 Å². The highest BCUT2D eigenvalue weighted by atomic mass is 16.5. The highest BCUT2D eigenvalue weighted by Crippen LogP contribution is 2.37. The summed E-state index contributed by atoms with van der Waals surface area (Å²) in [5.74, 6) is 5.06. The Labute approximate surface area is 580 Å². The molecule has 0 bridgehead atoms. The first kappa shape index (κ1) is 75.2. The van der Waals surface area contributed by atoms with Crippen molar-refractivity contribution in [2.45, 2.75) is 196 Å². The second-order valence-electron chi connectivity index (χ2n) is 25.4. The van der Waals surface area contributed by atoms with E-state index in [1.807, 2.05) is 0 Å². The van der Waals surface area contributed by atoms with Crippen LogP contribution in [0.25, 0.3) is 72.9 Å². The van der Waals surface area contributed by atoms with Gasteiger partial charge < -0.3 is 28.4 Å². The number of ether oxygens (including phenoxy) is 6. The molecule has 6 heteroatoms. The van der Waals surface area contributed by atoms with Crippen molar-refractivity contribution >= 4 is 72.9 Å². The van der Waals surface area contributed by atoms with E-state index in [0.29, 0.717) is 39.6 Å². The first-order valence-electron chi connectivity index (χ1n) is 37.1. The molecule has 0 N–H and O–H groups in total.